The average molecular weight is 370 g/mol. The molecule has 0 heterocycles. The molecule has 0 amide bonds. The topological polar surface area (TPSA) is 43.4 Å². The molecule has 0 atom stereocenters. The van der Waals surface area contributed by atoms with Crippen molar-refractivity contribution in [1.82, 2.24) is 0 Å². The Morgan fingerprint density at radius 2 is 1.89 bits per heavy atom. The first-order chi connectivity index (χ1) is 8.27. The molecular weight excluding hydrogens is 365 g/mol. The van der Waals surface area contributed by atoms with E-state index in [1.807, 2.05) is 0 Å². The maximum Gasteiger partial charge on any atom is 0.262 e. The zero-order valence-corrected chi connectivity index (χ0v) is 13.1. The molecule has 0 saturated heterocycles. The molecule has 1 aromatic carbocycles. The van der Waals surface area contributed by atoms with E-state index in [2.05, 4.69) is 0 Å². The minimum absolute atomic E-state index is 0.0198. The molecule has 18 heavy (non-hydrogen) atoms. The van der Waals surface area contributed by atoms with Gasteiger partial charge in [-0.05, 0) is 12.1 Å². The molecule has 0 aromatic heterocycles. The highest BCUT2D eigenvalue weighted by Gasteiger charge is 2.19. The molecule has 100 valence electrons. The third-order valence-electron chi connectivity index (χ3n) is 1.76. The Hall–Kier alpha value is 0.160. The Bertz CT molecular complexity index is 582. The number of hydrogen-bond donors (Lipinski definition) is 0. The standard InChI is InChI=1S/C9H5Cl5O3S/c10-3-5(11)4-17-6-1-2-7(18(14,15)16)9(13)8(6)12/h1-3H,4H2/b5-3+. The fourth-order valence-corrected chi connectivity index (χ4v) is 2.90. The predicted molar refractivity (Wildman–Crippen MR) is 74.8 cm³/mol. The first kappa shape index (κ1) is 16.2. The molecule has 0 fully saturated rings. The van der Waals surface area contributed by atoms with E-state index in [1.165, 1.54) is 12.1 Å². The molecule has 0 aliphatic rings. The predicted octanol–water partition coefficient (Wildman–Crippen LogP) is 4.62. The Kier molecular flexibility index (Phi) is 5.90. The molecule has 0 saturated carbocycles. The van der Waals surface area contributed by atoms with Crippen molar-refractivity contribution in [2.75, 3.05) is 6.61 Å². The summed E-state index contributed by atoms with van der Waals surface area (Å²) in [4.78, 5) is -0.290. The van der Waals surface area contributed by atoms with E-state index in [0.717, 1.165) is 5.54 Å². The summed E-state index contributed by atoms with van der Waals surface area (Å²) in [7, 11) is 1.21. The van der Waals surface area contributed by atoms with Crippen LogP contribution in [0.25, 0.3) is 0 Å². The van der Waals surface area contributed by atoms with E-state index in [9.17, 15) is 8.42 Å². The molecule has 9 heteroatoms. The second-order valence-electron chi connectivity index (χ2n) is 2.97. The van der Waals surface area contributed by atoms with Crippen molar-refractivity contribution >= 4 is 66.1 Å². The highest BCUT2D eigenvalue weighted by atomic mass is 35.7. The molecule has 0 unspecified atom stereocenters. The molecule has 1 rings (SSSR count). The van der Waals surface area contributed by atoms with Crippen molar-refractivity contribution in [1.29, 1.82) is 0 Å². The van der Waals surface area contributed by atoms with E-state index in [1.54, 1.807) is 0 Å². The average Bonchev–Trinajstić information content (AvgIpc) is 2.28. The van der Waals surface area contributed by atoms with Crippen LogP contribution < -0.4 is 4.74 Å². The normalized spacial score (nSPS) is 12.6. The van der Waals surface area contributed by atoms with Crippen molar-refractivity contribution in [2.24, 2.45) is 0 Å². The number of ether oxygens (including phenoxy) is 1. The fourth-order valence-electron chi connectivity index (χ4n) is 0.992. The second kappa shape index (κ2) is 6.55. The van der Waals surface area contributed by atoms with Gasteiger partial charge in [0.15, 0.2) is 0 Å². The Balaban J connectivity index is 3.09. The van der Waals surface area contributed by atoms with Gasteiger partial charge in [0, 0.05) is 16.2 Å². The Labute approximate surface area is 129 Å². The summed E-state index contributed by atoms with van der Waals surface area (Å²) in [6, 6.07) is 2.51. The molecule has 0 N–H and O–H groups in total. The van der Waals surface area contributed by atoms with Crippen LogP contribution in [0.1, 0.15) is 0 Å². The number of hydrogen-bond acceptors (Lipinski definition) is 3. The summed E-state index contributed by atoms with van der Waals surface area (Å²) >= 11 is 22.6. The van der Waals surface area contributed by atoms with Gasteiger partial charge in [-0.3, -0.25) is 0 Å². The van der Waals surface area contributed by atoms with Crippen molar-refractivity contribution in [3.63, 3.8) is 0 Å². The lowest BCUT2D eigenvalue weighted by Gasteiger charge is -2.10. The van der Waals surface area contributed by atoms with E-state index in [0.29, 0.717) is 0 Å². The molecule has 0 aliphatic carbocycles. The van der Waals surface area contributed by atoms with Gasteiger partial charge in [-0.1, -0.05) is 46.4 Å². The number of benzene rings is 1. The van der Waals surface area contributed by atoms with Crippen LogP contribution in [-0.2, 0) is 9.05 Å². The van der Waals surface area contributed by atoms with Crippen molar-refractivity contribution in [3.8, 4) is 5.75 Å². The third kappa shape index (κ3) is 4.08. The maximum atomic E-state index is 11.2. The summed E-state index contributed by atoms with van der Waals surface area (Å²) in [5, 5.41) is -0.0366. The number of halogens is 5. The van der Waals surface area contributed by atoms with Crippen molar-refractivity contribution < 1.29 is 13.2 Å². The summed E-state index contributed by atoms with van der Waals surface area (Å²) in [6.07, 6.45) is 0. The van der Waals surface area contributed by atoms with Gasteiger partial charge in [0.05, 0.1) is 10.1 Å². The van der Waals surface area contributed by atoms with Crippen molar-refractivity contribution in [3.05, 3.63) is 32.7 Å². The van der Waals surface area contributed by atoms with Crippen LogP contribution >= 0.6 is 57.1 Å². The third-order valence-corrected chi connectivity index (χ3v) is 4.69. The minimum Gasteiger partial charge on any atom is -0.486 e. The van der Waals surface area contributed by atoms with Crippen LogP contribution in [0, 0.1) is 0 Å². The quantitative estimate of drug-likeness (QED) is 0.727. The summed E-state index contributed by atoms with van der Waals surface area (Å²) in [6.45, 7) is -0.0198. The zero-order valence-electron chi connectivity index (χ0n) is 8.46. The highest BCUT2D eigenvalue weighted by Crippen LogP contribution is 2.38. The monoisotopic (exact) mass is 368 g/mol. The molecule has 1 aromatic rings. The molecule has 0 spiro atoms. The second-order valence-corrected chi connectivity index (χ2v) is 6.97. The molecule has 3 nitrogen and oxygen atoms in total. The lowest BCUT2D eigenvalue weighted by Crippen LogP contribution is -1.99. The molecule has 0 bridgehead atoms. The van der Waals surface area contributed by atoms with E-state index in [4.69, 9.17) is 61.8 Å². The van der Waals surface area contributed by atoms with Gasteiger partial charge in [0.25, 0.3) is 9.05 Å². The van der Waals surface area contributed by atoms with Gasteiger partial charge < -0.3 is 4.74 Å². The van der Waals surface area contributed by atoms with Crippen molar-refractivity contribution in [2.45, 2.75) is 4.90 Å². The first-order valence-electron chi connectivity index (χ1n) is 4.27. The summed E-state index contributed by atoms with van der Waals surface area (Å²) < 4.78 is 27.5. The zero-order chi connectivity index (χ0) is 13.9. The van der Waals surface area contributed by atoms with Crippen LogP contribution in [0.15, 0.2) is 27.6 Å². The van der Waals surface area contributed by atoms with Gasteiger partial charge in [-0.25, -0.2) is 8.42 Å². The largest absolute Gasteiger partial charge is 0.486 e. The SMILES string of the molecule is O=S(=O)(Cl)c1ccc(OC/C(Cl)=C\Cl)c(Cl)c1Cl. The van der Waals surface area contributed by atoms with Gasteiger partial charge in [0.2, 0.25) is 0 Å². The van der Waals surface area contributed by atoms with Gasteiger partial charge in [-0.15, -0.1) is 0 Å². The first-order valence-corrected chi connectivity index (χ1v) is 8.15. The lowest BCUT2D eigenvalue weighted by atomic mass is 10.3. The van der Waals surface area contributed by atoms with Crippen LogP contribution in [0.5, 0.6) is 5.75 Å². The number of rotatable bonds is 4. The maximum absolute atomic E-state index is 11.2. The summed E-state index contributed by atoms with van der Waals surface area (Å²) in [5.41, 5.74) is 1.13. The lowest BCUT2D eigenvalue weighted by molar-refractivity contribution is 0.359. The van der Waals surface area contributed by atoms with Gasteiger partial charge >= 0.3 is 0 Å². The fraction of sp³-hybridized carbons (Fsp3) is 0.111. The molecule has 0 radical (unpaired) electrons. The summed E-state index contributed by atoms with van der Waals surface area (Å²) in [5.74, 6) is 0.169. The Morgan fingerprint density at radius 1 is 1.28 bits per heavy atom. The van der Waals surface area contributed by atoms with Crippen LogP contribution in [-0.4, -0.2) is 15.0 Å². The van der Waals surface area contributed by atoms with Crippen LogP contribution in [0.4, 0.5) is 0 Å². The highest BCUT2D eigenvalue weighted by molar-refractivity contribution is 8.13. The van der Waals surface area contributed by atoms with E-state index >= 15 is 0 Å². The minimum atomic E-state index is -3.97. The van der Waals surface area contributed by atoms with E-state index < -0.39 is 9.05 Å². The molecule has 0 aliphatic heterocycles. The van der Waals surface area contributed by atoms with Crippen LogP contribution in [0.3, 0.4) is 0 Å². The van der Waals surface area contributed by atoms with Crippen LogP contribution in [0.2, 0.25) is 10.0 Å². The Morgan fingerprint density at radius 3 is 2.39 bits per heavy atom. The van der Waals surface area contributed by atoms with Gasteiger partial charge in [-0.2, -0.15) is 0 Å². The van der Waals surface area contributed by atoms with Gasteiger partial charge in [0.1, 0.15) is 22.3 Å². The van der Waals surface area contributed by atoms with E-state index in [-0.39, 0.29) is 32.3 Å². The molecular formula is C9H5Cl5O3S. The smallest absolute Gasteiger partial charge is 0.262 e.